The zero-order chi connectivity index (χ0) is 20.1. The molecule has 0 bridgehead atoms. The van der Waals surface area contributed by atoms with Crippen LogP contribution in [0.1, 0.15) is 17.7 Å². The van der Waals surface area contributed by atoms with E-state index < -0.39 is 0 Å². The second-order valence-electron chi connectivity index (χ2n) is 7.83. The number of nitrogens with zero attached hydrogens (tertiary/aromatic N) is 5. The summed E-state index contributed by atoms with van der Waals surface area (Å²) in [6.45, 7) is 3.48. The fourth-order valence-electron chi connectivity index (χ4n) is 4.08. The van der Waals surface area contributed by atoms with E-state index in [1.807, 2.05) is 35.3 Å². The normalized spacial score (nSPS) is 20.2. The van der Waals surface area contributed by atoms with Crippen LogP contribution in [-0.4, -0.2) is 68.5 Å². The molecule has 0 spiro atoms. The van der Waals surface area contributed by atoms with Crippen molar-refractivity contribution in [1.29, 1.82) is 0 Å². The Morgan fingerprint density at radius 3 is 2.66 bits per heavy atom. The summed E-state index contributed by atoms with van der Waals surface area (Å²) in [5.41, 5.74) is 3.42. The Morgan fingerprint density at radius 2 is 1.97 bits per heavy atom. The van der Waals surface area contributed by atoms with E-state index in [1.54, 1.807) is 6.20 Å². The molecule has 0 radical (unpaired) electrons. The van der Waals surface area contributed by atoms with Crippen molar-refractivity contribution in [2.75, 3.05) is 26.7 Å². The van der Waals surface area contributed by atoms with E-state index in [2.05, 4.69) is 57.3 Å². The number of aliphatic hydroxyl groups is 1. The fourth-order valence-corrected chi connectivity index (χ4v) is 4.08. The van der Waals surface area contributed by atoms with Gasteiger partial charge in [-0.2, -0.15) is 5.10 Å². The smallest absolute Gasteiger partial charge is 0.0822 e. The minimum absolute atomic E-state index is 0.206. The highest BCUT2D eigenvalue weighted by atomic mass is 16.3. The van der Waals surface area contributed by atoms with Crippen molar-refractivity contribution in [1.82, 2.24) is 24.6 Å². The van der Waals surface area contributed by atoms with Crippen molar-refractivity contribution in [3.05, 3.63) is 78.4 Å². The van der Waals surface area contributed by atoms with Crippen molar-refractivity contribution in [2.24, 2.45) is 0 Å². The Bertz CT molecular complexity index is 866. The van der Waals surface area contributed by atoms with Gasteiger partial charge in [0.05, 0.1) is 11.8 Å². The van der Waals surface area contributed by atoms with Crippen LogP contribution in [0.15, 0.2) is 67.1 Å². The second-order valence-corrected chi connectivity index (χ2v) is 7.83. The number of hydrogen-bond acceptors (Lipinski definition) is 5. The van der Waals surface area contributed by atoms with Gasteiger partial charge >= 0.3 is 0 Å². The lowest BCUT2D eigenvalue weighted by atomic mass is 9.99. The molecule has 3 heterocycles. The van der Waals surface area contributed by atoms with E-state index in [4.69, 9.17) is 0 Å². The summed E-state index contributed by atoms with van der Waals surface area (Å²) < 4.78 is 1.86. The van der Waals surface area contributed by atoms with Gasteiger partial charge in [-0.3, -0.25) is 9.88 Å². The first-order valence-electron chi connectivity index (χ1n) is 10.3. The molecule has 0 aliphatic carbocycles. The molecule has 0 unspecified atom stereocenters. The number of pyridine rings is 1. The molecule has 6 heteroatoms. The van der Waals surface area contributed by atoms with Gasteiger partial charge in [-0.25, -0.2) is 4.68 Å². The van der Waals surface area contributed by atoms with Crippen molar-refractivity contribution >= 4 is 0 Å². The summed E-state index contributed by atoms with van der Waals surface area (Å²) in [6, 6.07) is 16.6. The topological polar surface area (TPSA) is 57.4 Å². The van der Waals surface area contributed by atoms with E-state index in [-0.39, 0.29) is 12.1 Å². The predicted octanol–water partition coefficient (Wildman–Crippen LogP) is 2.38. The van der Waals surface area contributed by atoms with Crippen LogP contribution in [0.2, 0.25) is 0 Å². The minimum atomic E-state index is -0.333. The second kappa shape index (κ2) is 9.31. The number of likely N-dealkylation sites (N-methyl/N-ethyl adjacent to an activating group) is 1. The highest BCUT2D eigenvalue weighted by Crippen LogP contribution is 2.19. The Kier molecular flexibility index (Phi) is 6.34. The van der Waals surface area contributed by atoms with Crippen LogP contribution in [-0.2, 0) is 13.0 Å². The molecule has 1 N–H and O–H groups in total. The molecular weight excluding hydrogens is 362 g/mol. The van der Waals surface area contributed by atoms with Gasteiger partial charge < -0.3 is 10.0 Å². The van der Waals surface area contributed by atoms with Gasteiger partial charge in [0.15, 0.2) is 0 Å². The molecule has 29 heavy (non-hydrogen) atoms. The summed E-state index contributed by atoms with van der Waals surface area (Å²) in [5, 5.41) is 15.0. The fraction of sp³-hybridized carbons (Fsp3) is 0.391. The van der Waals surface area contributed by atoms with E-state index >= 15 is 0 Å². The average Bonchev–Trinajstić information content (AvgIpc) is 3.28. The van der Waals surface area contributed by atoms with Gasteiger partial charge in [0.2, 0.25) is 0 Å². The van der Waals surface area contributed by atoms with Crippen molar-refractivity contribution in [3.63, 3.8) is 0 Å². The van der Waals surface area contributed by atoms with Crippen LogP contribution in [0.25, 0.3) is 5.69 Å². The van der Waals surface area contributed by atoms with Gasteiger partial charge in [-0.15, -0.1) is 0 Å². The van der Waals surface area contributed by atoms with E-state index in [0.717, 1.165) is 43.9 Å². The van der Waals surface area contributed by atoms with E-state index in [9.17, 15) is 5.11 Å². The first-order chi connectivity index (χ1) is 14.2. The van der Waals surface area contributed by atoms with Gasteiger partial charge in [0, 0.05) is 62.9 Å². The Balaban J connectivity index is 1.27. The zero-order valence-corrected chi connectivity index (χ0v) is 16.9. The van der Waals surface area contributed by atoms with Crippen molar-refractivity contribution in [3.8, 4) is 5.69 Å². The van der Waals surface area contributed by atoms with Crippen LogP contribution >= 0.6 is 0 Å². The molecule has 1 fully saturated rings. The molecule has 6 nitrogen and oxygen atoms in total. The molecule has 1 saturated heterocycles. The third-order valence-electron chi connectivity index (χ3n) is 5.75. The lowest BCUT2D eigenvalue weighted by molar-refractivity contribution is -0.00619. The Morgan fingerprint density at radius 1 is 1.10 bits per heavy atom. The lowest BCUT2D eigenvalue weighted by Crippen LogP contribution is -2.53. The maximum atomic E-state index is 10.7. The Hall–Kier alpha value is -2.54. The lowest BCUT2D eigenvalue weighted by Gasteiger charge is -2.40. The quantitative estimate of drug-likeness (QED) is 0.670. The summed E-state index contributed by atoms with van der Waals surface area (Å²) >= 11 is 0. The minimum Gasteiger partial charge on any atom is -0.390 e. The first-order valence-corrected chi connectivity index (χ1v) is 10.3. The number of likely N-dealkylation sites (tertiary alicyclic amines) is 1. The van der Waals surface area contributed by atoms with Crippen molar-refractivity contribution in [2.45, 2.75) is 31.5 Å². The summed E-state index contributed by atoms with van der Waals surface area (Å²) in [4.78, 5) is 9.02. The van der Waals surface area contributed by atoms with Crippen LogP contribution in [0, 0.1) is 0 Å². The van der Waals surface area contributed by atoms with Crippen LogP contribution < -0.4 is 0 Å². The maximum Gasteiger partial charge on any atom is 0.0822 e. The number of aromatic nitrogens is 3. The van der Waals surface area contributed by atoms with Crippen molar-refractivity contribution < 1.29 is 5.11 Å². The van der Waals surface area contributed by atoms with Crippen LogP contribution in [0.5, 0.6) is 0 Å². The summed E-state index contributed by atoms with van der Waals surface area (Å²) in [7, 11) is 2.11. The molecule has 0 saturated carbocycles. The first kappa shape index (κ1) is 19.8. The molecule has 2 aromatic heterocycles. The van der Waals surface area contributed by atoms with E-state index in [0.29, 0.717) is 6.54 Å². The molecule has 2 atom stereocenters. The number of hydrogen-bond donors (Lipinski definition) is 1. The third kappa shape index (κ3) is 5.09. The zero-order valence-electron chi connectivity index (χ0n) is 16.9. The molecule has 152 valence electrons. The molecule has 1 aliphatic rings. The molecule has 1 aromatic carbocycles. The largest absolute Gasteiger partial charge is 0.390 e. The molecule has 1 aliphatic heterocycles. The molecule has 0 amide bonds. The van der Waals surface area contributed by atoms with Crippen LogP contribution in [0.3, 0.4) is 0 Å². The molecule has 3 aromatic rings. The number of benzene rings is 1. The molecule has 4 rings (SSSR count). The number of β-amino-alcohol motifs (C(OH)–C–C–N with tert-alkyl or cyclic N) is 1. The van der Waals surface area contributed by atoms with E-state index in [1.165, 1.54) is 5.56 Å². The number of rotatable bonds is 7. The Labute approximate surface area is 172 Å². The highest BCUT2D eigenvalue weighted by Gasteiger charge is 2.30. The van der Waals surface area contributed by atoms with Gasteiger partial charge in [0.1, 0.15) is 0 Å². The number of piperidine rings is 1. The summed E-state index contributed by atoms with van der Waals surface area (Å²) in [5.74, 6) is 0. The average molecular weight is 392 g/mol. The monoisotopic (exact) mass is 391 g/mol. The SMILES string of the molecule is CN(CCc1ccccn1)[C@@H]1CCN(Cc2ccc(-n3cccn3)cc2)C[C@H]1O. The van der Waals surface area contributed by atoms with Gasteiger partial charge in [0.25, 0.3) is 0 Å². The maximum absolute atomic E-state index is 10.7. The van der Waals surface area contributed by atoms with Gasteiger partial charge in [-0.1, -0.05) is 18.2 Å². The summed E-state index contributed by atoms with van der Waals surface area (Å²) in [6.07, 6.45) is 7.12. The third-order valence-corrected chi connectivity index (χ3v) is 5.75. The standard InChI is InChI=1S/C23H29N5O/c1-26(15-10-20-5-2-3-12-24-20)22-11-16-27(18-23(22)29)17-19-6-8-21(9-7-19)28-14-4-13-25-28/h2-9,12-14,22-23,29H,10-11,15-18H2,1H3/t22-,23-/m1/s1. The van der Waals surface area contributed by atoms with Gasteiger partial charge in [-0.05, 0) is 49.4 Å². The van der Waals surface area contributed by atoms with Crippen LogP contribution in [0.4, 0.5) is 0 Å². The predicted molar refractivity (Wildman–Crippen MR) is 114 cm³/mol. The number of aliphatic hydroxyl groups excluding tert-OH is 1. The molecular formula is C23H29N5O. The highest BCUT2D eigenvalue weighted by molar-refractivity contribution is 5.33.